The maximum atomic E-state index is 12.2. The Morgan fingerprint density at radius 2 is 2.00 bits per heavy atom. The van der Waals surface area contributed by atoms with Gasteiger partial charge in [0.15, 0.2) is 5.03 Å². The van der Waals surface area contributed by atoms with E-state index in [1.807, 2.05) is 0 Å². The third-order valence-electron chi connectivity index (χ3n) is 2.66. The van der Waals surface area contributed by atoms with Crippen LogP contribution in [-0.2, 0) is 17.1 Å². The maximum absolute atomic E-state index is 12.2. The number of sulfonamides is 1. The molecule has 0 amide bonds. The van der Waals surface area contributed by atoms with Crippen molar-refractivity contribution in [2.24, 2.45) is 7.05 Å². The van der Waals surface area contributed by atoms with Crippen LogP contribution in [0, 0.1) is 6.92 Å². The smallest absolute Gasteiger partial charge is 0.262 e. The Hall–Kier alpha value is -0.530. The van der Waals surface area contributed by atoms with Crippen molar-refractivity contribution in [3.05, 3.63) is 12.0 Å². The summed E-state index contributed by atoms with van der Waals surface area (Å²) in [6.45, 7) is 2.97. The molecule has 1 aromatic rings. The molecular weight excluding hydrogens is 246 g/mol. The molecule has 0 bridgehead atoms. The van der Waals surface area contributed by atoms with Crippen LogP contribution in [0.1, 0.15) is 5.82 Å². The molecule has 1 aliphatic rings. The summed E-state index contributed by atoms with van der Waals surface area (Å²) >= 11 is 1.79. The summed E-state index contributed by atoms with van der Waals surface area (Å²) in [5.74, 6) is 2.45. The number of nitrogens with zero attached hydrogens (tertiary/aromatic N) is 3. The molecule has 7 heteroatoms. The van der Waals surface area contributed by atoms with Crippen molar-refractivity contribution >= 4 is 21.8 Å². The summed E-state index contributed by atoms with van der Waals surface area (Å²) in [5, 5.41) is 0.166. The van der Waals surface area contributed by atoms with E-state index in [1.54, 1.807) is 36.5 Å². The molecule has 0 aliphatic carbocycles. The lowest BCUT2D eigenvalue weighted by atomic mass is 10.6. The van der Waals surface area contributed by atoms with E-state index in [1.165, 1.54) is 4.31 Å². The van der Waals surface area contributed by atoms with Crippen molar-refractivity contribution in [2.45, 2.75) is 11.9 Å². The molecule has 1 fully saturated rings. The van der Waals surface area contributed by atoms with Gasteiger partial charge in [0.05, 0.1) is 0 Å². The van der Waals surface area contributed by atoms with Gasteiger partial charge in [-0.05, 0) is 6.92 Å². The Balaban J connectivity index is 2.30. The van der Waals surface area contributed by atoms with Gasteiger partial charge in [0.25, 0.3) is 10.0 Å². The number of imidazole rings is 1. The minimum atomic E-state index is -3.38. The highest BCUT2D eigenvalue weighted by atomic mass is 32.2. The van der Waals surface area contributed by atoms with Gasteiger partial charge in [0, 0.05) is 37.8 Å². The van der Waals surface area contributed by atoms with Crippen molar-refractivity contribution in [1.82, 2.24) is 13.9 Å². The molecule has 2 rings (SSSR count). The van der Waals surface area contributed by atoms with Crippen LogP contribution in [0.5, 0.6) is 0 Å². The van der Waals surface area contributed by atoms with E-state index in [4.69, 9.17) is 0 Å². The van der Waals surface area contributed by atoms with Gasteiger partial charge in [0.1, 0.15) is 5.82 Å². The molecule has 0 unspecified atom stereocenters. The van der Waals surface area contributed by atoms with E-state index in [9.17, 15) is 8.42 Å². The number of hydrogen-bond acceptors (Lipinski definition) is 4. The summed E-state index contributed by atoms with van der Waals surface area (Å²) in [6.07, 6.45) is 1.58. The van der Waals surface area contributed by atoms with Gasteiger partial charge in [-0.15, -0.1) is 0 Å². The van der Waals surface area contributed by atoms with Crippen molar-refractivity contribution in [3.63, 3.8) is 0 Å². The molecule has 0 N–H and O–H groups in total. The largest absolute Gasteiger partial charge is 0.337 e. The third-order valence-corrected chi connectivity index (χ3v) is 5.37. The molecule has 1 aromatic heterocycles. The first-order valence-electron chi connectivity index (χ1n) is 5.09. The van der Waals surface area contributed by atoms with Crippen molar-refractivity contribution in [2.75, 3.05) is 24.6 Å². The molecule has 0 saturated carbocycles. The van der Waals surface area contributed by atoms with Crippen LogP contribution in [0.4, 0.5) is 0 Å². The van der Waals surface area contributed by atoms with E-state index in [0.717, 1.165) is 11.5 Å². The fourth-order valence-electron chi connectivity index (χ4n) is 1.57. The molecular formula is C9H15N3O2S2. The topological polar surface area (TPSA) is 55.2 Å². The molecule has 0 atom stereocenters. The second kappa shape index (κ2) is 4.38. The zero-order valence-corrected chi connectivity index (χ0v) is 11.0. The van der Waals surface area contributed by atoms with E-state index in [-0.39, 0.29) is 5.03 Å². The second-order valence-electron chi connectivity index (χ2n) is 3.75. The number of rotatable bonds is 2. The fraction of sp³-hybridized carbons (Fsp3) is 0.667. The number of hydrogen-bond donors (Lipinski definition) is 0. The number of aromatic nitrogens is 2. The SMILES string of the molecule is Cc1nc(S(=O)(=O)N2CCSCC2)cn1C. The summed E-state index contributed by atoms with van der Waals surface area (Å²) < 4.78 is 27.6. The lowest BCUT2D eigenvalue weighted by Crippen LogP contribution is -2.38. The van der Waals surface area contributed by atoms with Gasteiger partial charge in [-0.1, -0.05) is 0 Å². The summed E-state index contributed by atoms with van der Waals surface area (Å²) in [7, 11) is -1.58. The number of thioether (sulfide) groups is 1. The average Bonchev–Trinajstić information content (AvgIpc) is 2.61. The molecule has 90 valence electrons. The predicted octanol–water partition coefficient (Wildman–Crippen LogP) is 0.466. The van der Waals surface area contributed by atoms with Gasteiger partial charge >= 0.3 is 0 Å². The monoisotopic (exact) mass is 261 g/mol. The van der Waals surface area contributed by atoms with Crippen LogP contribution in [0.2, 0.25) is 0 Å². The Kier molecular flexibility index (Phi) is 3.27. The van der Waals surface area contributed by atoms with Crippen LogP contribution in [-0.4, -0.2) is 46.9 Å². The minimum absolute atomic E-state index is 0.166. The normalized spacial score (nSPS) is 18.9. The van der Waals surface area contributed by atoms with Crippen molar-refractivity contribution < 1.29 is 8.42 Å². The standard InChI is InChI=1S/C9H15N3O2S2/c1-8-10-9(7-11(8)2)16(13,14)12-3-5-15-6-4-12/h7H,3-6H2,1-2H3. The molecule has 16 heavy (non-hydrogen) atoms. The van der Waals surface area contributed by atoms with Gasteiger partial charge in [0.2, 0.25) is 0 Å². The average molecular weight is 261 g/mol. The van der Waals surface area contributed by atoms with Gasteiger partial charge in [-0.25, -0.2) is 13.4 Å². The van der Waals surface area contributed by atoms with Crippen molar-refractivity contribution in [1.29, 1.82) is 0 Å². The first kappa shape index (κ1) is 11.9. The number of aryl methyl sites for hydroxylation is 2. The van der Waals surface area contributed by atoms with Crippen LogP contribution in [0.25, 0.3) is 0 Å². The highest BCUT2D eigenvalue weighted by Gasteiger charge is 2.28. The Bertz CT molecular complexity index is 455. The lowest BCUT2D eigenvalue weighted by molar-refractivity contribution is 0.441. The third kappa shape index (κ3) is 2.11. The fourth-order valence-corrected chi connectivity index (χ4v) is 4.17. The van der Waals surface area contributed by atoms with Crippen LogP contribution in [0.15, 0.2) is 11.2 Å². The highest BCUT2D eigenvalue weighted by Crippen LogP contribution is 2.19. The quantitative estimate of drug-likeness (QED) is 0.776. The lowest BCUT2D eigenvalue weighted by Gasteiger charge is -2.24. The second-order valence-corrected chi connectivity index (χ2v) is 6.86. The molecule has 5 nitrogen and oxygen atoms in total. The van der Waals surface area contributed by atoms with E-state index in [0.29, 0.717) is 18.9 Å². The molecule has 2 heterocycles. The highest BCUT2D eigenvalue weighted by molar-refractivity contribution is 7.99. The molecule has 0 aromatic carbocycles. The van der Waals surface area contributed by atoms with E-state index >= 15 is 0 Å². The minimum Gasteiger partial charge on any atom is -0.337 e. The molecule has 1 saturated heterocycles. The van der Waals surface area contributed by atoms with Gasteiger partial charge in [-0.3, -0.25) is 0 Å². The Labute approximate surface area is 99.9 Å². The summed E-state index contributed by atoms with van der Waals surface area (Å²) in [5.41, 5.74) is 0. The Morgan fingerprint density at radius 1 is 1.38 bits per heavy atom. The summed E-state index contributed by atoms with van der Waals surface area (Å²) in [6, 6.07) is 0. The van der Waals surface area contributed by atoms with E-state index in [2.05, 4.69) is 4.98 Å². The van der Waals surface area contributed by atoms with E-state index < -0.39 is 10.0 Å². The van der Waals surface area contributed by atoms with Crippen LogP contribution < -0.4 is 0 Å². The van der Waals surface area contributed by atoms with Crippen LogP contribution in [0.3, 0.4) is 0 Å². The Morgan fingerprint density at radius 3 is 2.50 bits per heavy atom. The molecule has 1 aliphatic heterocycles. The van der Waals surface area contributed by atoms with Gasteiger partial charge in [-0.2, -0.15) is 16.1 Å². The van der Waals surface area contributed by atoms with Crippen LogP contribution >= 0.6 is 11.8 Å². The van der Waals surface area contributed by atoms with Crippen molar-refractivity contribution in [3.8, 4) is 0 Å². The maximum Gasteiger partial charge on any atom is 0.262 e. The zero-order chi connectivity index (χ0) is 11.8. The van der Waals surface area contributed by atoms with Gasteiger partial charge < -0.3 is 4.57 Å². The summed E-state index contributed by atoms with van der Waals surface area (Å²) in [4.78, 5) is 4.08. The first-order chi connectivity index (χ1) is 7.51. The predicted molar refractivity (Wildman–Crippen MR) is 64.0 cm³/mol. The molecule has 0 spiro atoms. The molecule has 0 radical (unpaired) electrons. The first-order valence-corrected chi connectivity index (χ1v) is 7.69. The zero-order valence-electron chi connectivity index (χ0n) is 9.38.